The maximum Gasteiger partial charge on any atom is 0.251 e. The van der Waals surface area contributed by atoms with Gasteiger partial charge >= 0.3 is 0 Å². The Labute approximate surface area is 161 Å². The van der Waals surface area contributed by atoms with E-state index in [-0.39, 0.29) is 11.9 Å². The number of hydrogen-bond acceptors (Lipinski definition) is 3. The number of amides is 1. The zero-order chi connectivity index (χ0) is 19.4. The molecule has 1 fully saturated rings. The van der Waals surface area contributed by atoms with Gasteiger partial charge in [0, 0.05) is 24.7 Å². The maximum atomic E-state index is 12.8. The molecule has 27 heavy (non-hydrogen) atoms. The second-order valence-electron chi connectivity index (χ2n) is 7.02. The number of nitrogens with zero attached hydrogens (tertiary/aromatic N) is 1. The number of piperidine rings is 1. The average molecular weight is 387 g/mol. The summed E-state index contributed by atoms with van der Waals surface area (Å²) in [6, 6.07) is 14.5. The third-order valence-electron chi connectivity index (χ3n) is 5.04. The lowest BCUT2D eigenvalue weighted by atomic mass is 10.1. The molecule has 0 saturated carbocycles. The van der Waals surface area contributed by atoms with Crippen LogP contribution >= 0.6 is 0 Å². The van der Waals surface area contributed by atoms with E-state index < -0.39 is 10.0 Å². The lowest BCUT2D eigenvalue weighted by Crippen LogP contribution is -2.46. The van der Waals surface area contributed by atoms with Crippen LogP contribution in [0.25, 0.3) is 0 Å². The molecule has 0 bridgehead atoms. The second-order valence-corrected chi connectivity index (χ2v) is 8.96. The first kappa shape index (κ1) is 19.6. The molecular weight excluding hydrogens is 360 g/mol. The van der Waals surface area contributed by atoms with E-state index in [1.165, 1.54) is 4.31 Å². The fraction of sp³-hybridized carbons (Fsp3) is 0.381. The summed E-state index contributed by atoms with van der Waals surface area (Å²) in [5.74, 6) is -0.102. The van der Waals surface area contributed by atoms with Gasteiger partial charge in [0.2, 0.25) is 10.0 Å². The van der Waals surface area contributed by atoms with Crippen molar-refractivity contribution in [1.29, 1.82) is 0 Å². The quantitative estimate of drug-likeness (QED) is 0.858. The SMILES string of the molecule is CCc1ccc(S(=O)(=O)N2CCC(NC(=O)c3cccc(C)c3)CC2)cc1. The molecule has 3 rings (SSSR count). The number of rotatable bonds is 5. The summed E-state index contributed by atoms with van der Waals surface area (Å²) in [6.07, 6.45) is 2.11. The first-order chi connectivity index (χ1) is 12.9. The summed E-state index contributed by atoms with van der Waals surface area (Å²) >= 11 is 0. The highest BCUT2D eigenvalue weighted by molar-refractivity contribution is 7.89. The van der Waals surface area contributed by atoms with E-state index in [0.717, 1.165) is 17.5 Å². The van der Waals surface area contributed by atoms with Crippen molar-refractivity contribution in [3.63, 3.8) is 0 Å². The smallest absolute Gasteiger partial charge is 0.251 e. The van der Waals surface area contributed by atoms with Crippen molar-refractivity contribution in [2.45, 2.75) is 44.0 Å². The molecule has 1 aliphatic heterocycles. The lowest BCUT2D eigenvalue weighted by Gasteiger charge is -2.31. The van der Waals surface area contributed by atoms with Crippen LogP contribution in [0.3, 0.4) is 0 Å². The summed E-state index contributed by atoms with van der Waals surface area (Å²) in [6.45, 7) is 4.82. The number of hydrogen-bond donors (Lipinski definition) is 1. The second kappa shape index (κ2) is 8.23. The lowest BCUT2D eigenvalue weighted by molar-refractivity contribution is 0.0923. The molecule has 0 unspecified atom stereocenters. The molecule has 5 nitrogen and oxygen atoms in total. The number of benzene rings is 2. The molecule has 0 radical (unpaired) electrons. The molecule has 1 amide bonds. The van der Waals surface area contributed by atoms with Crippen LogP contribution in [0.5, 0.6) is 0 Å². The van der Waals surface area contributed by atoms with Crippen LogP contribution in [-0.4, -0.2) is 37.8 Å². The Balaban J connectivity index is 1.60. The van der Waals surface area contributed by atoms with Gasteiger partial charge in [0.1, 0.15) is 0 Å². The van der Waals surface area contributed by atoms with Crippen LogP contribution in [0.1, 0.15) is 41.3 Å². The van der Waals surface area contributed by atoms with Crippen LogP contribution in [0.4, 0.5) is 0 Å². The monoisotopic (exact) mass is 386 g/mol. The van der Waals surface area contributed by atoms with Crippen LogP contribution in [-0.2, 0) is 16.4 Å². The molecule has 2 aromatic rings. The van der Waals surface area contributed by atoms with Crippen molar-refractivity contribution in [3.05, 3.63) is 65.2 Å². The van der Waals surface area contributed by atoms with E-state index in [0.29, 0.717) is 36.4 Å². The normalized spacial score (nSPS) is 16.2. The largest absolute Gasteiger partial charge is 0.349 e. The fourth-order valence-corrected chi connectivity index (χ4v) is 4.81. The molecule has 2 aromatic carbocycles. The standard InChI is InChI=1S/C21H26N2O3S/c1-3-17-7-9-20(10-8-17)27(25,26)23-13-11-19(12-14-23)22-21(24)18-6-4-5-16(2)15-18/h4-10,15,19H,3,11-14H2,1-2H3,(H,22,24). The van der Waals surface area contributed by atoms with Crippen LogP contribution in [0.15, 0.2) is 53.4 Å². The van der Waals surface area contributed by atoms with E-state index in [1.54, 1.807) is 18.2 Å². The van der Waals surface area contributed by atoms with Crippen LogP contribution < -0.4 is 5.32 Å². The van der Waals surface area contributed by atoms with Crippen molar-refractivity contribution in [3.8, 4) is 0 Å². The summed E-state index contributed by atoms with van der Waals surface area (Å²) < 4.78 is 27.1. The predicted molar refractivity (Wildman–Crippen MR) is 106 cm³/mol. The van der Waals surface area contributed by atoms with E-state index in [2.05, 4.69) is 5.32 Å². The molecule has 1 N–H and O–H groups in total. The Morgan fingerprint density at radius 2 is 1.78 bits per heavy atom. The van der Waals surface area contributed by atoms with Crippen molar-refractivity contribution in [2.75, 3.05) is 13.1 Å². The van der Waals surface area contributed by atoms with Gasteiger partial charge in [0.25, 0.3) is 5.91 Å². The van der Waals surface area contributed by atoms with Gasteiger partial charge < -0.3 is 5.32 Å². The van der Waals surface area contributed by atoms with Gasteiger partial charge in [-0.3, -0.25) is 4.79 Å². The third kappa shape index (κ3) is 4.57. The van der Waals surface area contributed by atoms with Crippen LogP contribution in [0.2, 0.25) is 0 Å². The summed E-state index contributed by atoms with van der Waals surface area (Å²) in [5.41, 5.74) is 2.80. The highest BCUT2D eigenvalue weighted by Crippen LogP contribution is 2.21. The molecule has 1 heterocycles. The summed E-state index contributed by atoms with van der Waals surface area (Å²) in [5, 5.41) is 3.03. The van der Waals surface area contributed by atoms with E-state index in [1.807, 2.05) is 44.2 Å². The van der Waals surface area contributed by atoms with Gasteiger partial charge in [0.15, 0.2) is 0 Å². The van der Waals surface area contributed by atoms with Crippen molar-refractivity contribution in [2.24, 2.45) is 0 Å². The molecule has 0 spiro atoms. The molecular formula is C21H26N2O3S. The molecule has 0 aliphatic carbocycles. The number of carbonyl (C=O) groups is 1. The first-order valence-corrected chi connectivity index (χ1v) is 10.8. The third-order valence-corrected chi connectivity index (χ3v) is 6.95. The predicted octanol–water partition coefficient (Wildman–Crippen LogP) is 3.14. The van der Waals surface area contributed by atoms with Gasteiger partial charge in [0.05, 0.1) is 4.90 Å². The Hall–Kier alpha value is -2.18. The number of sulfonamides is 1. The Morgan fingerprint density at radius 3 is 2.37 bits per heavy atom. The summed E-state index contributed by atoms with van der Waals surface area (Å²) in [7, 11) is -3.48. The van der Waals surface area contributed by atoms with Crippen LogP contribution in [0, 0.1) is 6.92 Å². The minimum Gasteiger partial charge on any atom is -0.349 e. The minimum absolute atomic E-state index is 0.00747. The van der Waals surface area contributed by atoms with Gasteiger partial charge in [-0.15, -0.1) is 0 Å². The van der Waals surface area contributed by atoms with E-state index in [9.17, 15) is 13.2 Å². The average Bonchev–Trinajstić information content (AvgIpc) is 2.68. The number of nitrogens with one attached hydrogen (secondary N) is 1. The Kier molecular flexibility index (Phi) is 5.97. The zero-order valence-corrected chi connectivity index (χ0v) is 16.6. The molecule has 0 atom stereocenters. The molecule has 1 saturated heterocycles. The molecule has 0 aromatic heterocycles. The van der Waals surface area contributed by atoms with Crippen molar-refractivity contribution >= 4 is 15.9 Å². The molecule has 1 aliphatic rings. The number of carbonyl (C=O) groups excluding carboxylic acids is 1. The first-order valence-electron chi connectivity index (χ1n) is 9.37. The fourth-order valence-electron chi connectivity index (χ4n) is 3.34. The topological polar surface area (TPSA) is 66.5 Å². The van der Waals surface area contributed by atoms with E-state index >= 15 is 0 Å². The van der Waals surface area contributed by atoms with Gasteiger partial charge in [-0.25, -0.2) is 8.42 Å². The van der Waals surface area contributed by atoms with Gasteiger partial charge in [-0.05, 0) is 56.0 Å². The van der Waals surface area contributed by atoms with E-state index in [4.69, 9.17) is 0 Å². The summed E-state index contributed by atoms with van der Waals surface area (Å²) in [4.78, 5) is 12.7. The molecule has 144 valence electrons. The van der Waals surface area contributed by atoms with Crippen molar-refractivity contribution in [1.82, 2.24) is 9.62 Å². The highest BCUT2D eigenvalue weighted by Gasteiger charge is 2.30. The van der Waals surface area contributed by atoms with Gasteiger partial charge in [-0.1, -0.05) is 36.8 Å². The van der Waals surface area contributed by atoms with Gasteiger partial charge in [-0.2, -0.15) is 4.31 Å². The minimum atomic E-state index is -3.48. The Bertz CT molecular complexity index is 899. The Morgan fingerprint density at radius 1 is 1.11 bits per heavy atom. The number of aryl methyl sites for hydroxylation is 2. The zero-order valence-electron chi connectivity index (χ0n) is 15.8. The van der Waals surface area contributed by atoms with Crippen molar-refractivity contribution < 1.29 is 13.2 Å². The highest BCUT2D eigenvalue weighted by atomic mass is 32.2. The maximum absolute atomic E-state index is 12.8. The molecule has 6 heteroatoms.